The normalized spacial score (nSPS) is 16.7. The Hall–Kier alpha value is -3.70. The first-order valence-electron chi connectivity index (χ1n) is 10.7. The number of fused-ring (bicyclic) bond motifs is 1. The van der Waals surface area contributed by atoms with Crippen molar-refractivity contribution >= 4 is 34.6 Å². The van der Waals surface area contributed by atoms with Gasteiger partial charge in [-0.15, -0.1) is 23.1 Å². The van der Waals surface area contributed by atoms with E-state index in [0.717, 1.165) is 11.1 Å². The number of likely N-dealkylation sites (N-methyl/N-ethyl adjacent to an activating group) is 1. The number of aryl methyl sites for hydroxylation is 1. The molecule has 4 aromatic rings. The van der Waals surface area contributed by atoms with E-state index < -0.39 is 11.1 Å². The third-order valence-corrected chi connectivity index (χ3v) is 6.97. The van der Waals surface area contributed by atoms with Gasteiger partial charge in [-0.2, -0.15) is 0 Å². The molecule has 174 valence electrons. The number of nitrogens with zero attached hydrogens (tertiary/aromatic N) is 6. The quantitative estimate of drug-likeness (QED) is 0.336. The van der Waals surface area contributed by atoms with Crippen LogP contribution in [-0.2, 0) is 11.9 Å². The lowest BCUT2D eigenvalue weighted by molar-refractivity contribution is 0.221. The minimum atomic E-state index is -1.17. The van der Waals surface area contributed by atoms with Gasteiger partial charge in [-0.3, -0.25) is 0 Å². The fourth-order valence-corrected chi connectivity index (χ4v) is 4.76. The minimum absolute atomic E-state index is 0.497. The number of aliphatic hydroxyl groups excluding tert-OH is 1. The number of hydrogen-bond donors (Lipinski definition) is 1. The molecular formula is C26H20Cl2N6O. The van der Waals surface area contributed by atoms with Gasteiger partial charge in [0.2, 0.25) is 0 Å². The lowest BCUT2D eigenvalue weighted by atomic mass is 9.86. The SMILES string of the molecule is C#Cc1cccc(C2=CC(O)N(C)c3ncc(C(Cl)(c4ccc(Cl)cc4)c4cnnn4C)cc32)n1. The van der Waals surface area contributed by atoms with Crippen LogP contribution in [0.3, 0.4) is 0 Å². The third kappa shape index (κ3) is 3.86. The summed E-state index contributed by atoms with van der Waals surface area (Å²) in [6.45, 7) is 0. The first kappa shape index (κ1) is 23.1. The molecule has 2 atom stereocenters. The van der Waals surface area contributed by atoms with Crippen LogP contribution in [0.5, 0.6) is 0 Å². The number of hydrogen-bond acceptors (Lipinski definition) is 6. The number of anilines is 1. The molecule has 1 aliphatic heterocycles. The second kappa shape index (κ2) is 8.82. The van der Waals surface area contributed by atoms with Gasteiger partial charge in [-0.1, -0.05) is 40.9 Å². The maximum absolute atomic E-state index is 10.7. The maximum Gasteiger partial charge on any atom is 0.148 e. The van der Waals surface area contributed by atoms with Crippen LogP contribution < -0.4 is 4.90 Å². The van der Waals surface area contributed by atoms with E-state index in [4.69, 9.17) is 34.6 Å². The molecular weight excluding hydrogens is 483 g/mol. The van der Waals surface area contributed by atoms with Crippen LogP contribution in [0.2, 0.25) is 5.02 Å². The molecule has 0 saturated carbocycles. The first-order valence-corrected chi connectivity index (χ1v) is 11.5. The maximum atomic E-state index is 10.7. The molecule has 9 heteroatoms. The van der Waals surface area contributed by atoms with E-state index in [-0.39, 0.29) is 0 Å². The molecule has 0 bridgehead atoms. The number of rotatable bonds is 4. The highest BCUT2D eigenvalue weighted by Gasteiger charge is 2.39. The van der Waals surface area contributed by atoms with E-state index in [2.05, 4.69) is 21.2 Å². The summed E-state index contributed by atoms with van der Waals surface area (Å²) in [5.41, 5.74) is 4.71. The van der Waals surface area contributed by atoms with Gasteiger partial charge in [0.25, 0.3) is 0 Å². The average molecular weight is 503 g/mol. The number of aromatic nitrogens is 5. The summed E-state index contributed by atoms with van der Waals surface area (Å²) >= 11 is 13.6. The Morgan fingerprint density at radius 2 is 1.86 bits per heavy atom. The Bertz CT molecular complexity index is 1490. The monoisotopic (exact) mass is 502 g/mol. The zero-order chi connectivity index (χ0) is 24.7. The topological polar surface area (TPSA) is 80.0 Å². The fourth-order valence-electron chi connectivity index (χ4n) is 4.23. The van der Waals surface area contributed by atoms with Crippen molar-refractivity contribution in [3.05, 3.63) is 106 Å². The lowest BCUT2D eigenvalue weighted by Gasteiger charge is -2.33. The molecule has 0 saturated heterocycles. The highest BCUT2D eigenvalue weighted by molar-refractivity contribution is 6.31. The standard InChI is InChI=1S/C26H20Cl2N6O/c1-4-19-6-5-7-22(31-19)20-13-24(35)33(2)25-21(20)12-17(14-29-25)26(28,23-15-30-32-34(23)3)16-8-10-18(27)11-9-16/h1,5-15,24,35H,2-3H3. The molecule has 0 radical (unpaired) electrons. The smallest absolute Gasteiger partial charge is 0.148 e. The average Bonchev–Trinajstić information content (AvgIpc) is 3.32. The van der Waals surface area contributed by atoms with Crippen molar-refractivity contribution in [3.8, 4) is 12.3 Å². The van der Waals surface area contributed by atoms with Crippen molar-refractivity contribution in [2.45, 2.75) is 11.1 Å². The molecule has 0 amide bonds. The fraction of sp³-hybridized carbons (Fsp3) is 0.154. The molecule has 35 heavy (non-hydrogen) atoms. The van der Waals surface area contributed by atoms with E-state index in [1.807, 2.05) is 30.3 Å². The largest absolute Gasteiger partial charge is 0.370 e. The number of pyridine rings is 2. The van der Waals surface area contributed by atoms with Crippen molar-refractivity contribution in [3.63, 3.8) is 0 Å². The number of terminal acetylenes is 1. The van der Waals surface area contributed by atoms with Gasteiger partial charge in [0.15, 0.2) is 0 Å². The molecule has 0 aliphatic carbocycles. The third-order valence-electron chi connectivity index (χ3n) is 6.08. The van der Waals surface area contributed by atoms with E-state index in [1.165, 1.54) is 0 Å². The minimum Gasteiger partial charge on any atom is -0.370 e. The second-order valence-electron chi connectivity index (χ2n) is 8.16. The summed E-state index contributed by atoms with van der Waals surface area (Å²) in [5, 5.41) is 19.4. The van der Waals surface area contributed by atoms with Crippen molar-refractivity contribution in [1.29, 1.82) is 0 Å². The molecule has 1 aliphatic rings. The summed E-state index contributed by atoms with van der Waals surface area (Å²) in [7, 11) is 3.55. The van der Waals surface area contributed by atoms with E-state index >= 15 is 0 Å². The highest BCUT2D eigenvalue weighted by atomic mass is 35.5. The second-order valence-corrected chi connectivity index (χ2v) is 9.16. The van der Waals surface area contributed by atoms with Crippen molar-refractivity contribution in [2.24, 2.45) is 7.05 Å². The molecule has 0 fully saturated rings. The van der Waals surface area contributed by atoms with Gasteiger partial charge in [0, 0.05) is 42.0 Å². The predicted octanol–water partition coefficient (Wildman–Crippen LogP) is 3.97. The Balaban J connectivity index is 1.75. The molecule has 1 aromatic carbocycles. The predicted molar refractivity (Wildman–Crippen MR) is 136 cm³/mol. The van der Waals surface area contributed by atoms with Crippen LogP contribution in [0, 0.1) is 12.3 Å². The molecule has 3 aromatic heterocycles. The molecule has 5 rings (SSSR count). The van der Waals surface area contributed by atoms with Gasteiger partial charge >= 0.3 is 0 Å². The molecule has 0 spiro atoms. The Morgan fingerprint density at radius 3 is 2.54 bits per heavy atom. The molecule has 4 heterocycles. The van der Waals surface area contributed by atoms with E-state index in [9.17, 15) is 5.11 Å². The number of halogens is 2. The Labute approximate surface area is 212 Å². The molecule has 2 unspecified atom stereocenters. The summed E-state index contributed by atoms with van der Waals surface area (Å²) in [5.74, 6) is 3.15. The van der Waals surface area contributed by atoms with Gasteiger partial charge in [0.1, 0.15) is 22.6 Å². The summed E-state index contributed by atoms with van der Waals surface area (Å²) in [6.07, 6.45) is 9.74. The summed E-state index contributed by atoms with van der Waals surface area (Å²) in [6, 6.07) is 14.7. The zero-order valence-electron chi connectivity index (χ0n) is 18.9. The number of benzene rings is 1. The Morgan fingerprint density at radius 1 is 1.09 bits per heavy atom. The lowest BCUT2D eigenvalue weighted by Crippen LogP contribution is -2.35. The van der Waals surface area contributed by atoms with Crippen LogP contribution in [0.25, 0.3) is 5.57 Å². The molecule has 1 N–H and O–H groups in total. The van der Waals surface area contributed by atoms with Gasteiger partial charge in [-0.05, 0) is 42.0 Å². The highest BCUT2D eigenvalue weighted by Crippen LogP contribution is 2.45. The number of alkyl halides is 1. The van der Waals surface area contributed by atoms with Crippen LogP contribution in [0.1, 0.15) is 33.8 Å². The first-order chi connectivity index (χ1) is 16.8. The number of aliphatic hydroxyl groups is 1. The van der Waals surface area contributed by atoms with Crippen LogP contribution in [-0.4, -0.2) is 43.3 Å². The van der Waals surface area contributed by atoms with Gasteiger partial charge in [0.05, 0.1) is 17.6 Å². The van der Waals surface area contributed by atoms with Crippen molar-refractivity contribution in [2.75, 3.05) is 11.9 Å². The summed E-state index contributed by atoms with van der Waals surface area (Å²) < 4.78 is 1.63. The van der Waals surface area contributed by atoms with E-state index in [0.29, 0.717) is 39.1 Å². The van der Waals surface area contributed by atoms with E-state index in [1.54, 1.807) is 60.3 Å². The van der Waals surface area contributed by atoms with Gasteiger partial charge in [-0.25, -0.2) is 14.6 Å². The van der Waals surface area contributed by atoms with Crippen molar-refractivity contribution in [1.82, 2.24) is 25.0 Å². The van der Waals surface area contributed by atoms with Gasteiger partial charge < -0.3 is 10.0 Å². The molecule has 7 nitrogen and oxygen atoms in total. The Kier molecular flexibility index (Phi) is 5.81. The van der Waals surface area contributed by atoms with Crippen LogP contribution in [0.4, 0.5) is 5.82 Å². The summed E-state index contributed by atoms with van der Waals surface area (Å²) in [4.78, 5) is 9.79. The van der Waals surface area contributed by atoms with Crippen molar-refractivity contribution < 1.29 is 5.11 Å². The van der Waals surface area contributed by atoms with Crippen LogP contribution >= 0.6 is 23.2 Å². The van der Waals surface area contributed by atoms with Crippen LogP contribution in [0.15, 0.2) is 67.0 Å². The zero-order valence-corrected chi connectivity index (χ0v) is 20.4.